The lowest BCUT2D eigenvalue weighted by Gasteiger charge is -2.57. The van der Waals surface area contributed by atoms with E-state index in [-0.39, 0.29) is 23.9 Å². The number of Topliss-reactive ketones (excluding diaryl/α,β-unsaturated/α-hetero) is 1. The first kappa shape index (κ1) is 36.4. The fourth-order valence-corrected chi connectivity index (χ4v) is 9.63. The van der Waals surface area contributed by atoms with Gasteiger partial charge in [-0.25, -0.2) is 9.59 Å². The standard InChI is InChI=1S/C37H58O9/c1-10-11-12-24(19-31(38)35(3,4)44-22-41-7)23(2)28-15-16-29-27-14-13-25-20-26(45-33(39)42-8)21-32(46-34(40)43-9)37(25,6)30(27)17-18-36(28,29)5/h13-14,23-24,26,28-30,32H,10-12,15-22H2,1-9H3/t23-,24-,26-,28-,29+,30+,32+,36-,37+/m1/s1. The molecule has 0 radical (unpaired) electrons. The van der Waals surface area contributed by atoms with Crippen molar-refractivity contribution in [1.82, 2.24) is 0 Å². The molecule has 9 atom stereocenters. The van der Waals surface area contributed by atoms with E-state index in [9.17, 15) is 14.4 Å². The van der Waals surface area contributed by atoms with E-state index < -0.39 is 35.5 Å². The quantitative estimate of drug-likeness (QED) is 0.145. The number of unbranched alkanes of at least 4 members (excludes halogenated alkanes) is 1. The first-order valence-corrected chi connectivity index (χ1v) is 17.3. The van der Waals surface area contributed by atoms with Gasteiger partial charge in [-0.15, -0.1) is 0 Å². The van der Waals surface area contributed by atoms with Crippen molar-refractivity contribution in [2.24, 2.45) is 40.4 Å². The summed E-state index contributed by atoms with van der Waals surface area (Å²) in [6, 6.07) is 0. The topological polar surface area (TPSA) is 107 Å². The summed E-state index contributed by atoms with van der Waals surface area (Å²) in [6.07, 6.45) is 11.1. The van der Waals surface area contributed by atoms with Gasteiger partial charge in [-0.2, -0.15) is 0 Å². The second kappa shape index (κ2) is 14.8. The van der Waals surface area contributed by atoms with Crippen LogP contribution in [0.2, 0.25) is 0 Å². The molecular weight excluding hydrogens is 588 g/mol. The Kier molecular flexibility index (Phi) is 11.7. The molecule has 46 heavy (non-hydrogen) atoms. The maximum Gasteiger partial charge on any atom is 0.508 e. The fraction of sp³-hybridized carbons (Fsp3) is 0.811. The van der Waals surface area contributed by atoms with Crippen molar-refractivity contribution < 1.29 is 42.8 Å². The van der Waals surface area contributed by atoms with E-state index in [4.69, 9.17) is 28.4 Å². The van der Waals surface area contributed by atoms with Gasteiger partial charge in [0.2, 0.25) is 0 Å². The number of hydrogen-bond acceptors (Lipinski definition) is 9. The highest BCUT2D eigenvalue weighted by molar-refractivity contribution is 5.86. The summed E-state index contributed by atoms with van der Waals surface area (Å²) >= 11 is 0. The van der Waals surface area contributed by atoms with Crippen LogP contribution in [0.1, 0.15) is 106 Å². The van der Waals surface area contributed by atoms with Crippen LogP contribution >= 0.6 is 0 Å². The molecular formula is C37H58O9. The molecule has 0 aliphatic heterocycles. The van der Waals surface area contributed by atoms with E-state index in [1.54, 1.807) is 7.11 Å². The Bertz CT molecular complexity index is 1170. The van der Waals surface area contributed by atoms with Gasteiger partial charge >= 0.3 is 12.3 Å². The molecule has 0 amide bonds. The summed E-state index contributed by atoms with van der Waals surface area (Å²) in [7, 11) is 4.19. The molecule has 0 spiro atoms. The van der Waals surface area contributed by atoms with E-state index in [1.165, 1.54) is 19.8 Å². The van der Waals surface area contributed by atoms with Crippen LogP contribution in [0.5, 0.6) is 0 Å². The summed E-state index contributed by atoms with van der Waals surface area (Å²) in [6.45, 7) is 13.1. The maximum atomic E-state index is 13.5. The summed E-state index contributed by atoms with van der Waals surface area (Å²) in [5.74, 6) is 1.96. The molecule has 0 N–H and O–H groups in total. The monoisotopic (exact) mass is 646 g/mol. The third-order valence-corrected chi connectivity index (χ3v) is 12.5. The predicted molar refractivity (Wildman–Crippen MR) is 174 cm³/mol. The van der Waals surface area contributed by atoms with Gasteiger partial charge in [-0.05, 0) is 81.0 Å². The zero-order chi connectivity index (χ0) is 33.9. The number of carbonyl (C=O) groups excluding carboxylic acids is 3. The molecule has 0 heterocycles. The minimum atomic E-state index is -0.879. The Labute approximate surface area is 276 Å². The van der Waals surface area contributed by atoms with E-state index in [0.29, 0.717) is 42.9 Å². The summed E-state index contributed by atoms with van der Waals surface area (Å²) in [5.41, 5.74) is 1.40. The van der Waals surface area contributed by atoms with Crippen molar-refractivity contribution in [2.75, 3.05) is 28.1 Å². The maximum absolute atomic E-state index is 13.5. The van der Waals surface area contributed by atoms with Crippen LogP contribution in [-0.4, -0.2) is 64.0 Å². The molecule has 9 nitrogen and oxygen atoms in total. The lowest BCUT2D eigenvalue weighted by atomic mass is 9.49. The van der Waals surface area contributed by atoms with Crippen molar-refractivity contribution >= 4 is 18.1 Å². The second-order valence-electron chi connectivity index (χ2n) is 15.1. The Morgan fingerprint density at radius 3 is 2.33 bits per heavy atom. The van der Waals surface area contributed by atoms with Gasteiger partial charge < -0.3 is 28.4 Å². The molecule has 0 aromatic rings. The van der Waals surface area contributed by atoms with E-state index in [1.807, 2.05) is 13.8 Å². The zero-order valence-electron chi connectivity index (χ0n) is 29.6. The molecule has 0 saturated heterocycles. The molecule has 260 valence electrons. The highest BCUT2D eigenvalue weighted by Gasteiger charge is 2.60. The van der Waals surface area contributed by atoms with Gasteiger partial charge in [0.1, 0.15) is 24.6 Å². The molecule has 4 aliphatic carbocycles. The predicted octanol–water partition coefficient (Wildman–Crippen LogP) is 8.20. The average Bonchev–Trinajstić information content (AvgIpc) is 3.39. The molecule has 3 fully saturated rings. The van der Waals surface area contributed by atoms with Gasteiger partial charge in [0.25, 0.3) is 0 Å². The Hall–Kier alpha value is -2.39. The van der Waals surface area contributed by atoms with E-state index in [0.717, 1.165) is 50.5 Å². The summed E-state index contributed by atoms with van der Waals surface area (Å²) < 4.78 is 32.1. The van der Waals surface area contributed by atoms with Gasteiger partial charge in [0.15, 0.2) is 5.78 Å². The van der Waals surface area contributed by atoms with Crippen molar-refractivity contribution in [3.8, 4) is 0 Å². The van der Waals surface area contributed by atoms with Crippen LogP contribution in [0.25, 0.3) is 0 Å². The number of carbonyl (C=O) groups is 3. The van der Waals surface area contributed by atoms with Crippen LogP contribution in [0.4, 0.5) is 9.59 Å². The Balaban J connectivity index is 1.60. The van der Waals surface area contributed by atoms with Crippen LogP contribution in [0, 0.1) is 40.4 Å². The largest absolute Gasteiger partial charge is 0.508 e. The Morgan fingerprint density at radius 2 is 1.67 bits per heavy atom. The lowest BCUT2D eigenvalue weighted by molar-refractivity contribution is -0.157. The van der Waals surface area contributed by atoms with Crippen LogP contribution in [0.3, 0.4) is 0 Å². The van der Waals surface area contributed by atoms with Crippen molar-refractivity contribution in [1.29, 1.82) is 0 Å². The minimum absolute atomic E-state index is 0.103. The number of hydrogen-bond donors (Lipinski definition) is 0. The summed E-state index contributed by atoms with van der Waals surface area (Å²) in [4.78, 5) is 38.0. The number of methoxy groups -OCH3 is 3. The number of ether oxygens (including phenoxy) is 6. The highest BCUT2D eigenvalue weighted by Crippen LogP contribution is 2.67. The van der Waals surface area contributed by atoms with Crippen molar-refractivity contribution in [3.05, 3.63) is 23.3 Å². The summed E-state index contributed by atoms with van der Waals surface area (Å²) in [5, 5.41) is 0. The first-order chi connectivity index (χ1) is 21.8. The Morgan fingerprint density at radius 1 is 0.978 bits per heavy atom. The third-order valence-electron chi connectivity index (χ3n) is 12.5. The number of rotatable bonds is 13. The second-order valence-corrected chi connectivity index (χ2v) is 15.1. The molecule has 3 saturated carbocycles. The van der Waals surface area contributed by atoms with Gasteiger partial charge in [0.05, 0.1) is 14.2 Å². The number of allylic oxidation sites excluding steroid dienone is 3. The van der Waals surface area contributed by atoms with Crippen LogP contribution in [-0.2, 0) is 33.2 Å². The molecule has 4 aliphatic rings. The normalized spacial score (nSPS) is 33.3. The number of fused-ring (bicyclic) bond motifs is 5. The van der Waals surface area contributed by atoms with E-state index >= 15 is 0 Å². The molecule has 0 bridgehead atoms. The first-order valence-electron chi connectivity index (χ1n) is 17.3. The minimum Gasteiger partial charge on any atom is -0.438 e. The molecule has 0 aromatic heterocycles. The van der Waals surface area contributed by atoms with Gasteiger partial charge in [-0.1, -0.05) is 63.8 Å². The lowest BCUT2D eigenvalue weighted by Crippen LogP contribution is -2.54. The van der Waals surface area contributed by atoms with Crippen molar-refractivity contribution in [3.63, 3.8) is 0 Å². The molecule has 9 heteroatoms. The molecule has 0 unspecified atom stereocenters. The van der Waals surface area contributed by atoms with Gasteiger partial charge in [-0.3, -0.25) is 4.79 Å². The smallest absolute Gasteiger partial charge is 0.438 e. The van der Waals surface area contributed by atoms with Crippen molar-refractivity contribution in [2.45, 2.75) is 124 Å². The van der Waals surface area contributed by atoms with Gasteiger partial charge in [0, 0.05) is 31.8 Å². The van der Waals surface area contributed by atoms with E-state index in [2.05, 4.69) is 39.8 Å². The zero-order valence-corrected chi connectivity index (χ0v) is 29.6. The molecule has 4 rings (SSSR count). The SMILES string of the molecule is CCCC[C@H](CC(=O)C(C)(C)OCOC)[C@@H](C)[C@H]1CC[C@H]2C3=CC=C4C[C@@H](OC(=O)OC)C[C@H](OC(=O)OC)[C@]4(C)[C@H]3CC[C@]12C. The van der Waals surface area contributed by atoms with Crippen LogP contribution in [0.15, 0.2) is 23.3 Å². The fourth-order valence-electron chi connectivity index (χ4n) is 9.63. The third kappa shape index (κ3) is 7.06. The van der Waals surface area contributed by atoms with Crippen LogP contribution < -0.4 is 0 Å². The number of ketones is 1. The average molecular weight is 647 g/mol. The highest BCUT2D eigenvalue weighted by atomic mass is 16.7. The molecule has 0 aromatic carbocycles.